The maximum atomic E-state index is 12.0. The lowest BCUT2D eigenvalue weighted by Gasteiger charge is -2.18. The van der Waals surface area contributed by atoms with Gasteiger partial charge in [-0.15, -0.1) is 0 Å². The van der Waals surface area contributed by atoms with Gasteiger partial charge in [-0.1, -0.05) is 32.6 Å². The quantitative estimate of drug-likeness (QED) is 0.771. The average Bonchev–Trinajstić information content (AvgIpc) is 2.33. The zero-order valence-electron chi connectivity index (χ0n) is 10.9. The molecule has 1 aromatic heterocycles. The van der Waals surface area contributed by atoms with Crippen LogP contribution in [-0.2, 0) is 0 Å². The van der Waals surface area contributed by atoms with E-state index in [1.165, 1.54) is 0 Å². The fourth-order valence-corrected chi connectivity index (χ4v) is 1.25. The topological polar surface area (TPSA) is 62.2 Å². The van der Waals surface area contributed by atoms with Crippen LogP contribution in [0.3, 0.4) is 0 Å². The highest BCUT2D eigenvalue weighted by Crippen LogP contribution is 2.11. The van der Waals surface area contributed by atoms with E-state index in [2.05, 4.69) is 22.1 Å². The fourth-order valence-electron chi connectivity index (χ4n) is 1.25. The molecule has 0 aliphatic heterocycles. The van der Waals surface area contributed by atoms with Crippen molar-refractivity contribution < 1.29 is 9.90 Å². The number of hydrogen-bond acceptors (Lipinski definition) is 3. The third kappa shape index (κ3) is 4.56. The van der Waals surface area contributed by atoms with Crippen LogP contribution in [0.5, 0.6) is 0 Å². The summed E-state index contributed by atoms with van der Waals surface area (Å²) in [5.41, 5.74) is 0.835. The molecule has 0 atom stereocenters. The Kier molecular flexibility index (Phi) is 4.87. The van der Waals surface area contributed by atoms with Crippen LogP contribution in [0.4, 0.5) is 0 Å². The molecule has 1 amide bonds. The number of aliphatic hydroxyl groups is 1. The lowest BCUT2D eigenvalue weighted by atomic mass is 9.97. The van der Waals surface area contributed by atoms with E-state index >= 15 is 0 Å². The lowest BCUT2D eigenvalue weighted by Crippen LogP contribution is -2.33. The van der Waals surface area contributed by atoms with Crippen molar-refractivity contribution >= 4 is 5.91 Å². The van der Waals surface area contributed by atoms with Crippen molar-refractivity contribution in [2.75, 3.05) is 13.2 Å². The monoisotopic (exact) mass is 246 g/mol. The van der Waals surface area contributed by atoms with Crippen molar-refractivity contribution in [3.8, 4) is 11.8 Å². The van der Waals surface area contributed by atoms with Crippen LogP contribution >= 0.6 is 0 Å². The highest BCUT2D eigenvalue weighted by Gasteiger charge is 2.15. The number of hydrogen-bond donors (Lipinski definition) is 2. The Morgan fingerprint density at radius 3 is 2.83 bits per heavy atom. The summed E-state index contributed by atoms with van der Waals surface area (Å²) in [6.45, 7) is 6.45. The van der Waals surface area contributed by atoms with Gasteiger partial charge in [0.25, 0.3) is 5.91 Å². The number of carbonyl (C=O) groups is 1. The first-order valence-electron chi connectivity index (χ1n) is 5.77. The van der Waals surface area contributed by atoms with Crippen molar-refractivity contribution in [3.63, 3.8) is 0 Å². The van der Waals surface area contributed by atoms with E-state index in [1.54, 1.807) is 18.3 Å². The van der Waals surface area contributed by atoms with Gasteiger partial charge in [-0.05, 0) is 17.5 Å². The second kappa shape index (κ2) is 6.18. The number of nitrogens with one attached hydrogen (secondary N) is 1. The van der Waals surface area contributed by atoms with E-state index in [1.807, 2.05) is 20.8 Å². The largest absolute Gasteiger partial charge is 0.384 e. The highest BCUT2D eigenvalue weighted by molar-refractivity contribution is 5.94. The normalized spacial score (nSPS) is 10.4. The molecule has 1 rings (SSSR count). The van der Waals surface area contributed by atoms with Gasteiger partial charge in [-0.3, -0.25) is 4.79 Å². The van der Waals surface area contributed by atoms with E-state index < -0.39 is 0 Å². The number of nitrogens with zero attached hydrogens (tertiary/aromatic N) is 1. The summed E-state index contributed by atoms with van der Waals surface area (Å²) in [6.07, 6.45) is 1.55. The minimum atomic E-state index is -0.243. The molecule has 0 fully saturated rings. The van der Waals surface area contributed by atoms with Crippen molar-refractivity contribution in [3.05, 3.63) is 29.6 Å². The Bertz CT molecular complexity index is 479. The van der Waals surface area contributed by atoms with Crippen LogP contribution < -0.4 is 5.32 Å². The summed E-state index contributed by atoms with van der Waals surface area (Å²) >= 11 is 0. The molecular formula is C14H18N2O2. The number of aromatic nitrogens is 1. The van der Waals surface area contributed by atoms with Crippen LogP contribution in [-0.4, -0.2) is 29.1 Å². The number of pyridine rings is 1. The molecule has 0 aliphatic rings. The van der Waals surface area contributed by atoms with Gasteiger partial charge in [0.1, 0.15) is 12.3 Å². The maximum Gasteiger partial charge on any atom is 0.271 e. The van der Waals surface area contributed by atoms with Crippen molar-refractivity contribution in [2.45, 2.75) is 20.8 Å². The van der Waals surface area contributed by atoms with Gasteiger partial charge in [-0.25, -0.2) is 4.98 Å². The van der Waals surface area contributed by atoms with Gasteiger partial charge in [0, 0.05) is 12.7 Å². The van der Waals surface area contributed by atoms with Crippen molar-refractivity contribution in [1.29, 1.82) is 0 Å². The predicted octanol–water partition coefficient (Wildman–Crippen LogP) is 1.20. The Balaban J connectivity index is 2.85. The Morgan fingerprint density at radius 2 is 2.22 bits per heavy atom. The Hall–Kier alpha value is -1.86. The number of rotatable bonds is 2. The average molecular weight is 246 g/mol. The molecular weight excluding hydrogens is 228 g/mol. The van der Waals surface area contributed by atoms with Gasteiger partial charge in [0.2, 0.25) is 0 Å². The third-order valence-corrected chi connectivity index (χ3v) is 2.10. The highest BCUT2D eigenvalue weighted by atomic mass is 16.2. The van der Waals surface area contributed by atoms with Crippen LogP contribution in [0.2, 0.25) is 0 Å². The van der Waals surface area contributed by atoms with Gasteiger partial charge >= 0.3 is 0 Å². The van der Waals surface area contributed by atoms with Crippen LogP contribution in [0.1, 0.15) is 36.8 Å². The molecule has 0 aromatic carbocycles. The minimum absolute atomic E-state index is 0.0153. The minimum Gasteiger partial charge on any atom is -0.384 e. The molecule has 4 heteroatoms. The first-order valence-corrected chi connectivity index (χ1v) is 5.77. The van der Waals surface area contributed by atoms with E-state index in [0.29, 0.717) is 17.8 Å². The van der Waals surface area contributed by atoms with Gasteiger partial charge < -0.3 is 10.4 Å². The summed E-state index contributed by atoms with van der Waals surface area (Å²) in [6, 6.07) is 3.42. The molecule has 0 radical (unpaired) electrons. The molecule has 1 heterocycles. The Labute approximate surface area is 107 Å². The van der Waals surface area contributed by atoms with Crippen molar-refractivity contribution in [2.24, 2.45) is 5.41 Å². The molecule has 2 N–H and O–H groups in total. The Morgan fingerprint density at radius 1 is 1.50 bits per heavy atom. The summed E-state index contributed by atoms with van der Waals surface area (Å²) < 4.78 is 0. The first kappa shape index (κ1) is 14.2. The first-order chi connectivity index (χ1) is 8.44. The molecule has 96 valence electrons. The summed E-state index contributed by atoms with van der Waals surface area (Å²) in [5.74, 6) is 4.99. The van der Waals surface area contributed by atoms with Crippen LogP contribution in [0.25, 0.3) is 0 Å². The molecule has 0 bridgehead atoms. The number of carbonyl (C=O) groups excluding carboxylic acids is 1. The standard InChI is InChI=1S/C14H18N2O2/c1-14(2,3)10-16-13(18)12-11(7-5-9-17)6-4-8-15-12/h4,6,8,17H,9-10H2,1-3H3,(H,16,18). The molecule has 0 unspecified atom stereocenters. The molecule has 1 aromatic rings. The zero-order chi connectivity index (χ0) is 13.6. The summed E-state index contributed by atoms with van der Waals surface area (Å²) in [5, 5.41) is 11.5. The third-order valence-electron chi connectivity index (χ3n) is 2.10. The second-order valence-electron chi connectivity index (χ2n) is 5.10. The van der Waals surface area contributed by atoms with Gasteiger partial charge in [0.05, 0.1) is 5.56 Å². The SMILES string of the molecule is CC(C)(C)CNC(=O)c1ncccc1C#CCO. The van der Waals surface area contributed by atoms with E-state index in [-0.39, 0.29) is 17.9 Å². The fraction of sp³-hybridized carbons (Fsp3) is 0.429. The van der Waals surface area contributed by atoms with Crippen LogP contribution in [0.15, 0.2) is 18.3 Å². The van der Waals surface area contributed by atoms with E-state index in [0.717, 1.165) is 0 Å². The molecule has 0 aliphatic carbocycles. The van der Waals surface area contributed by atoms with Crippen molar-refractivity contribution in [1.82, 2.24) is 10.3 Å². The molecule has 0 saturated heterocycles. The predicted molar refractivity (Wildman–Crippen MR) is 70.0 cm³/mol. The molecule has 0 spiro atoms. The molecule has 0 saturated carbocycles. The summed E-state index contributed by atoms with van der Waals surface area (Å²) in [7, 11) is 0. The molecule has 4 nitrogen and oxygen atoms in total. The second-order valence-corrected chi connectivity index (χ2v) is 5.10. The zero-order valence-corrected chi connectivity index (χ0v) is 10.9. The molecule has 18 heavy (non-hydrogen) atoms. The van der Waals surface area contributed by atoms with Gasteiger partial charge in [0.15, 0.2) is 0 Å². The number of amides is 1. The van der Waals surface area contributed by atoms with E-state index in [4.69, 9.17) is 5.11 Å². The lowest BCUT2D eigenvalue weighted by molar-refractivity contribution is 0.0934. The number of aliphatic hydroxyl groups excluding tert-OH is 1. The maximum absolute atomic E-state index is 12.0. The van der Waals surface area contributed by atoms with E-state index in [9.17, 15) is 4.79 Å². The van der Waals surface area contributed by atoms with Crippen LogP contribution in [0, 0.1) is 17.3 Å². The summed E-state index contributed by atoms with van der Waals surface area (Å²) in [4.78, 5) is 16.0. The van der Waals surface area contributed by atoms with Gasteiger partial charge in [-0.2, -0.15) is 0 Å². The smallest absolute Gasteiger partial charge is 0.271 e.